The molecule has 132 valence electrons. The van der Waals surface area contributed by atoms with E-state index in [9.17, 15) is 0 Å². The highest BCUT2D eigenvalue weighted by Crippen LogP contribution is 2.15. The molecule has 1 nitrogen and oxygen atoms in total. The Morgan fingerprint density at radius 3 is 1.14 bits per heavy atom. The first-order chi connectivity index (χ1) is 9.06. The van der Waals surface area contributed by atoms with Crippen molar-refractivity contribution >= 4 is 34.0 Å². The predicted molar refractivity (Wildman–Crippen MR) is 109 cm³/mol. The Balaban J connectivity index is -0.00000162. The van der Waals surface area contributed by atoms with Crippen LogP contribution in [0.2, 0.25) is 0 Å². The molecule has 0 amide bonds. The van der Waals surface area contributed by atoms with E-state index in [1.54, 1.807) is 0 Å². The fraction of sp³-hybridized carbons (Fsp3) is 1.00. The van der Waals surface area contributed by atoms with Crippen molar-refractivity contribution in [2.24, 2.45) is 5.73 Å². The predicted octanol–water partition coefficient (Wildman–Crippen LogP) is 7.36. The van der Waals surface area contributed by atoms with Gasteiger partial charge < -0.3 is 5.73 Å². The van der Waals surface area contributed by atoms with Crippen LogP contribution in [0.4, 0.5) is 0 Å². The molecule has 0 fully saturated rings. The van der Waals surface area contributed by atoms with Crippen LogP contribution in [0.1, 0.15) is 111 Å². The molecule has 0 heterocycles. The van der Waals surface area contributed by atoms with Gasteiger partial charge in [-0.05, 0) is 20.3 Å². The van der Waals surface area contributed by atoms with Gasteiger partial charge in [0.15, 0.2) is 0 Å². The Morgan fingerprint density at radius 1 is 0.571 bits per heavy atom. The summed E-state index contributed by atoms with van der Waals surface area (Å²) < 4.78 is 0. The van der Waals surface area contributed by atoms with Crippen molar-refractivity contribution in [1.82, 2.24) is 0 Å². The summed E-state index contributed by atoms with van der Waals surface area (Å²) in [5.41, 5.74) is 6.01. The van der Waals surface area contributed by atoms with Gasteiger partial charge in [0.25, 0.3) is 0 Å². The van der Waals surface area contributed by atoms with Crippen LogP contribution in [-0.4, -0.2) is 5.54 Å². The number of nitrogens with two attached hydrogens (primary N) is 1. The molecule has 0 saturated carbocycles. The molecule has 0 unspecified atom stereocenters. The van der Waals surface area contributed by atoms with Crippen LogP contribution in [0.5, 0.6) is 0 Å². The van der Waals surface area contributed by atoms with Gasteiger partial charge in [-0.2, -0.15) is 0 Å². The lowest BCUT2D eigenvalue weighted by Gasteiger charge is -2.17. The third-order valence-electron chi connectivity index (χ3n) is 3.92. The Labute approximate surface area is 155 Å². The Kier molecular flexibility index (Phi) is 24.2. The van der Waals surface area contributed by atoms with Gasteiger partial charge in [0, 0.05) is 5.54 Å². The van der Waals surface area contributed by atoms with Crippen LogP contribution in [0.25, 0.3) is 0 Å². The van der Waals surface area contributed by atoms with Crippen molar-refractivity contribution in [2.45, 2.75) is 116 Å². The SMILES string of the molecule is Br.Br.CCCCCCCCCCCCCCCC(C)(C)N. The van der Waals surface area contributed by atoms with E-state index in [-0.39, 0.29) is 39.5 Å². The average molecular weight is 431 g/mol. The van der Waals surface area contributed by atoms with Gasteiger partial charge >= 0.3 is 0 Å². The Morgan fingerprint density at radius 2 is 0.857 bits per heavy atom. The monoisotopic (exact) mass is 429 g/mol. The van der Waals surface area contributed by atoms with Crippen LogP contribution < -0.4 is 5.73 Å². The lowest BCUT2D eigenvalue weighted by molar-refractivity contribution is 0.440. The largest absolute Gasteiger partial charge is 0.326 e. The molecule has 0 aliphatic heterocycles. The molecule has 0 spiro atoms. The Hall–Kier alpha value is 0.920. The number of hydrogen-bond donors (Lipinski definition) is 1. The molecule has 0 aromatic heterocycles. The minimum absolute atomic E-state index is 0. The van der Waals surface area contributed by atoms with Gasteiger partial charge in [0.2, 0.25) is 0 Å². The van der Waals surface area contributed by atoms with Crippen molar-refractivity contribution in [3.05, 3.63) is 0 Å². The summed E-state index contributed by atoms with van der Waals surface area (Å²) in [6.07, 6.45) is 19.7. The van der Waals surface area contributed by atoms with E-state index >= 15 is 0 Å². The molecular weight excluding hydrogens is 390 g/mol. The molecule has 0 aromatic rings. The third-order valence-corrected chi connectivity index (χ3v) is 3.92. The fourth-order valence-electron chi connectivity index (χ4n) is 2.60. The molecule has 0 rings (SSSR count). The molecule has 3 heteroatoms. The summed E-state index contributed by atoms with van der Waals surface area (Å²) in [6.45, 7) is 6.55. The van der Waals surface area contributed by atoms with Gasteiger partial charge in [-0.3, -0.25) is 0 Å². The van der Waals surface area contributed by atoms with E-state index in [1.807, 2.05) is 0 Å². The van der Waals surface area contributed by atoms with E-state index < -0.39 is 0 Å². The maximum atomic E-state index is 5.97. The highest BCUT2D eigenvalue weighted by Gasteiger charge is 2.08. The van der Waals surface area contributed by atoms with Crippen LogP contribution in [-0.2, 0) is 0 Å². The molecule has 0 saturated heterocycles. The molecule has 0 aliphatic rings. The summed E-state index contributed by atoms with van der Waals surface area (Å²) in [5, 5.41) is 0. The van der Waals surface area contributed by atoms with E-state index in [1.165, 1.54) is 89.9 Å². The van der Waals surface area contributed by atoms with E-state index in [0.29, 0.717) is 0 Å². The van der Waals surface area contributed by atoms with E-state index in [2.05, 4.69) is 20.8 Å². The molecule has 2 N–H and O–H groups in total. The number of halogens is 2. The van der Waals surface area contributed by atoms with Crippen molar-refractivity contribution in [3.63, 3.8) is 0 Å². The summed E-state index contributed by atoms with van der Waals surface area (Å²) in [5.74, 6) is 0. The van der Waals surface area contributed by atoms with Crippen LogP contribution in [0.3, 0.4) is 0 Å². The first-order valence-corrected chi connectivity index (χ1v) is 8.85. The lowest BCUT2D eigenvalue weighted by Crippen LogP contribution is -2.31. The smallest absolute Gasteiger partial charge is 0.00970 e. The minimum atomic E-state index is 0. The third kappa shape index (κ3) is 26.2. The quantitative estimate of drug-likeness (QED) is 0.286. The second kappa shape index (κ2) is 19.0. The number of hydrogen-bond acceptors (Lipinski definition) is 1. The number of unbranched alkanes of at least 4 members (excludes halogenated alkanes) is 12. The fourth-order valence-corrected chi connectivity index (χ4v) is 2.60. The normalized spacial score (nSPS) is 10.9. The molecule has 21 heavy (non-hydrogen) atoms. The summed E-state index contributed by atoms with van der Waals surface area (Å²) >= 11 is 0. The van der Waals surface area contributed by atoms with Crippen LogP contribution in [0, 0.1) is 0 Å². The first-order valence-electron chi connectivity index (χ1n) is 8.85. The molecule has 0 atom stereocenters. The van der Waals surface area contributed by atoms with Gasteiger partial charge in [0.05, 0.1) is 0 Å². The topological polar surface area (TPSA) is 26.0 Å². The summed E-state index contributed by atoms with van der Waals surface area (Å²) in [6, 6.07) is 0. The highest BCUT2D eigenvalue weighted by molar-refractivity contribution is 8.93. The zero-order valence-corrected chi connectivity index (χ0v) is 18.2. The van der Waals surface area contributed by atoms with Gasteiger partial charge in [-0.25, -0.2) is 0 Å². The van der Waals surface area contributed by atoms with Crippen molar-refractivity contribution in [2.75, 3.05) is 0 Å². The highest BCUT2D eigenvalue weighted by atomic mass is 79.9. The molecule has 0 aromatic carbocycles. The van der Waals surface area contributed by atoms with E-state index in [0.717, 1.165) is 0 Å². The first kappa shape index (κ1) is 26.8. The lowest BCUT2D eigenvalue weighted by atomic mass is 9.97. The number of rotatable bonds is 14. The van der Waals surface area contributed by atoms with Crippen LogP contribution in [0.15, 0.2) is 0 Å². The standard InChI is InChI=1S/C18H39N.2BrH/c1-4-5-6-7-8-9-10-11-12-13-14-15-16-17-18(2,3)19;;/h4-17,19H2,1-3H3;2*1H. The zero-order valence-electron chi connectivity index (χ0n) is 14.8. The second-order valence-corrected chi connectivity index (χ2v) is 6.98. The van der Waals surface area contributed by atoms with Crippen molar-refractivity contribution in [3.8, 4) is 0 Å². The van der Waals surface area contributed by atoms with Crippen LogP contribution >= 0.6 is 34.0 Å². The van der Waals surface area contributed by atoms with E-state index in [4.69, 9.17) is 5.73 Å². The molecule has 0 bridgehead atoms. The Bertz CT molecular complexity index is 179. The molecule has 0 radical (unpaired) electrons. The maximum Gasteiger partial charge on any atom is 0.00970 e. The van der Waals surface area contributed by atoms with Gasteiger partial charge in [0.1, 0.15) is 0 Å². The second-order valence-electron chi connectivity index (χ2n) is 6.98. The minimum Gasteiger partial charge on any atom is -0.326 e. The maximum absolute atomic E-state index is 5.97. The molecule has 0 aliphatic carbocycles. The van der Waals surface area contributed by atoms with Crippen molar-refractivity contribution < 1.29 is 0 Å². The summed E-state index contributed by atoms with van der Waals surface area (Å²) in [4.78, 5) is 0. The average Bonchev–Trinajstić information content (AvgIpc) is 2.34. The van der Waals surface area contributed by atoms with Gasteiger partial charge in [-0.1, -0.05) is 90.4 Å². The summed E-state index contributed by atoms with van der Waals surface area (Å²) in [7, 11) is 0. The van der Waals surface area contributed by atoms with Crippen molar-refractivity contribution in [1.29, 1.82) is 0 Å². The van der Waals surface area contributed by atoms with Gasteiger partial charge in [-0.15, -0.1) is 34.0 Å². The zero-order chi connectivity index (χ0) is 14.4. The molecular formula is C18H41Br2N.